The van der Waals surface area contributed by atoms with Gasteiger partial charge in [0.1, 0.15) is 0 Å². The molecule has 0 unspecified atom stereocenters. The van der Waals surface area contributed by atoms with Crippen LogP contribution in [0.3, 0.4) is 0 Å². The molecule has 8 rings (SSSR count). The Morgan fingerprint density at radius 2 is 1.14 bits per heavy atom. The molecule has 6 aromatic carbocycles. The molecule has 2 aliphatic rings. The summed E-state index contributed by atoms with van der Waals surface area (Å²) in [6, 6.07) is 55.3. The van der Waals surface area contributed by atoms with Gasteiger partial charge in [-0.05, 0) is 146 Å². The third kappa shape index (κ3) is 15.9. The molecule has 0 aliphatic heterocycles. The van der Waals surface area contributed by atoms with Crippen molar-refractivity contribution in [1.82, 2.24) is 0 Å². The summed E-state index contributed by atoms with van der Waals surface area (Å²) >= 11 is 0. The van der Waals surface area contributed by atoms with Crippen molar-refractivity contribution in [2.45, 2.75) is 94.4 Å². The molecule has 0 spiro atoms. The molecular weight excluding hydrogens is 769 g/mol. The molecule has 0 saturated carbocycles. The highest BCUT2D eigenvalue weighted by Gasteiger charge is 2.08. The molecule has 0 radical (unpaired) electrons. The van der Waals surface area contributed by atoms with Crippen LogP contribution in [0.1, 0.15) is 118 Å². The molecule has 0 nitrogen and oxygen atoms in total. The minimum absolute atomic E-state index is 0.625. The quantitative estimate of drug-likeness (QED) is 0.111. The van der Waals surface area contributed by atoms with Gasteiger partial charge in [-0.3, -0.25) is 0 Å². The van der Waals surface area contributed by atoms with E-state index in [1.54, 1.807) is 0 Å². The molecule has 0 bridgehead atoms. The maximum absolute atomic E-state index is 5.89. The number of terminal acetylenes is 1. The standard InChI is InChI=1S/C28H26.C14H16.C13H14.C7H8.C2H6/c1-6-24(18-22(4)23(5)28-13-8-7-10-21(28)3)26-11-9-12-27(19-26)25-16-14-20(2)15-17-25;1-11(2)12-7-9-14(10-8-12)13-5-3-4-6-13;1-11-7-9-13(10-8-11)12-5-3-2-4-6-12;1-7-5-3-2-4-6-7;1-2/h1,7-19H,2-5H3;3-5,7-11H,6H2,1-2H3;2-7,9H,8,10H2,1H3;2-6H,1H3;1-2H3/b23-22+,24-18+;;;;. The molecule has 0 heteroatoms. The van der Waals surface area contributed by atoms with E-state index in [0.29, 0.717) is 5.92 Å². The number of hydrogen-bond acceptors (Lipinski definition) is 0. The zero-order chi connectivity index (χ0) is 46.3. The lowest BCUT2D eigenvalue weighted by molar-refractivity contribution is 0.866. The van der Waals surface area contributed by atoms with Crippen LogP contribution in [0.4, 0.5) is 0 Å². The molecule has 0 aromatic heterocycles. The second-order valence-corrected chi connectivity index (χ2v) is 16.6. The monoisotopic (exact) mass is 839 g/mol. The highest BCUT2D eigenvalue weighted by Crippen LogP contribution is 2.29. The van der Waals surface area contributed by atoms with Gasteiger partial charge in [0.05, 0.1) is 0 Å². The lowest BCUT2D eigenvalue weighted by atomic mass is 9.94. The smallest absolute Gasteiger partial charge is 0.0317 e. The summed E-state index contributed by atoms with van der Waals surface area (Å²) in [7, 11) is 0. The molecule has 6 aromatic rings. The zero-order valence-corrected chi connectivity index (χ0v) is 40.3. The van der Waals surface area contributed by atoms with Crippen molar-refractivity contribution in [3.05, 3.63) is 250 Å². The summed E-state index contributed by atoms with van der Waals surface area (Å²) in [6.45, 7) is 21.3. The average Bonchev–Trinajstić information content (AvgIpc) is 3.89. The molecule has 0 saturated heterocycles. The third-order valence-corrected chi connectivity index (χ3v) is 11.4. The van der Waals surface area contributed by atoms with Crippen LogP contribution >= 0.6 is 0 Å². The van der Waals surface area contributed by atoms with Gasteiger partial charge in [0.2, 0.25) is 0 Å². The molecule has 0 N–H and O–H groups in total. The molecule has 0 fully saturated rings. The van der Waals surface area contributed by atoms with E-state index in [1.807, 2.05) is 32.0 Å². The first kappa shape index (κ1) is 50.0. The Morgan fingerprint density at radius 1 is 0.562 bits per heavy atom. The normalized spacial score (nSPS) is 13.0. The van der Waals surface area contributed by atoms with Crippen LogP contribution < -0.4 is 0 Å². The van der Waals surface area contributed by atoms with E-state index >= 15 is 0 Å². The number of rotatable bonds is 7. The van der Waals surface area contributed by atoms with Crippen molar-refractivity contribution in [1.29, 1.82) is 0 Å². The molecular formula is C64H70. The van der Waals surface area contributed by atoms with Crippen LogP contribution in [-0.4, -0.2) is 0 Å². The summed E-state index contributed by atoms with van der Waals surface area (Å²) in [6.07, 6.45) is 22.5. The lowest BCUT2D eigenvalue weighted by Gasteiger charge is -2.11. The largest absolute Gasteiger partial charge is 0.115 e. The maximum Gasteiger partial charge on any atom is 0.0317 e. The Hall–Kier alpha value is -6.68. The van der Waals surface area contributed by atoms with Gasteiger partial charge in [-0.1, -0.05) is 232 Å². The number of benzene rings is 6. The fraction of sp³-hybridized carbons (Fsp3) is 0.219. The Morgan fingerprint density at radius 3 is 1.69 bits per heavy atom. The van der Waals surface area contributed by atoms with Crippen molar-refractivity contribution >= 4 is 22.3 Å². The number of hydrogen-bond donors (Lipinski definition) is 0. The van der Waals surface area contributed by atoms with Gasteiger partial charge >= 0.3 is 0 Å². The van der Waals surface area contributed by atoms with Gasteiger partial charge in [0, 0.05) is 5.57 Å². The van der Waals surface area contributed by atoms with E-state index in [1.165, 1.54) is 90.8 Å². The molecule has 0 amide bonds. The minimum atomic E-state index is 0.625. The predicted molar refractivity (Wildman–Crippen MR) is 285 cm³/mol. The number of allylic oxidation sites excluding steroid dienone is 12. The predicted octanol–water partition coefficient (Wildman–Crippen LogP) is 18.5. The zero-order valence-electron chi connectivity index (χ0n) is 40.3. The van der Waals surface area contributed by atoms with E-state index in [0.717, 1.165) is 17.6 Å². The van der Waals surface area contributed by atoms with Crippen LogP contribution in [0.15, 0.2) is 205 Å². The fourth-order valence-corrected chi connectivity index (χ4v) is 7.26. The first-order chi connectivity index (χ1) is 31.0. The van der Waals surface area contributed by atoms with Gasteiger partial charge in [-0.2, -0.15) is 0 Å². The van der Waals surface area contributed by atoms with Gasteiger partial charge in [-0.25, -0.2) is 0 Å². The lowest BCUT2D eigenvalue weighted by Crippen LogP contribution is -1.90. The summed E-state index contributed by atoms with van der Waals surface area (Å²) in [5, 5.41) is 0. The Kier molecular flexibility index (Phi) is 20.9. The second-order valence-electron chi connectivity index (χ2n) is 16.6. The second kappa shape index (κ2) is 26.7. The van der Waals surface area contributed by atoms with E-state index in [2.05, 4.69) is 237 Å². The minimum Gasteiger partial charge on any atom is -0.115 e. The van der Waals surface area contributed by atoms with Crippen LogP contribution in [0.5, 0.6) is 0 Å². The summed E-state index contributed by atoms with van der Waals surface area (Å²) < 4.78 is 0. The van der Waals surface area contributed by atoms with E-state index in [4.69, 9.17) is 6.42 Å². The van der Waals surface area contributed by atoms with E-state index in [9.17, 15) is 0 Å². The van der Waals surface area contributed by atoms with Crippen LogP contribution in [0.2, 0.25) is 0 Å². The van der Waals surface area contributed by atoms with Gasteiger partial charge in [-0.15, -0.1) is 6.42 Å². The molecule has 326 valence electrons. The van der Waals surface area contributed by atoms with E-state index < -0.39 is 0 Å². The molecule has 64 heavy (non-hydrogen) atoms. The summed E-state index contributed by atoms with van der Waals surface area (Å²) in [5.74, 6) is 3.51. The first-order valence-electron chi connectivity index (χ1n) is 23.0. The summed E-state index contributed by atoms with van der Waals surface area (Å²) in [5.41, 5.74) is 20.4. The van der Waals surface area contributed by atoms with Gasteiger partial charge in [0.25, 0.3) is 0 Å². The summed E-state index contributed by atoms with van der Waals surface area (Å²) in [4.78, 5) is 0. The molecule has 0 heterocycles. The molecule has 0 atom stereocenters. The third-order valence-electron chi connectivity index (χ3n) is 11.4. The van der Waals surface area contributed by atoms with Crippen molar-refractivity contribution in [3.8, 4) is 23.5 Å². The highest BCUT2D eigenvalue weighted by atomic mass is 14.1. The van der Waals surface area contributed by atoms with Crippen LogP contribution in [0, 0.1) is 33.1 Å². The molecule has 2 aliphatic carbocycles. The SMILES string of the molecule is C#C/C(=C\C(C)=C(/C)c1ccccc1C)c1cccc(-c2ccc(C)cc2)c1.CC.CC(C)c1ccc(C2=CC=CC2)cc1.CC1=CC=C(c2ccccc2)CC1.Cc1ccccc1. The van der Waals surface area contributed by atoms with Crippen LogP contribution in [0.25, 0.3) is 33.4 Å². The van der Waals surface area contributed by atoms with Gasteiger partial charge in [0.15, 0.2) is 0 Å². The van der Waals surface area contributed by atoms with Crippen molar-refractivity contribution in [2.75, 3.05) is 0 Å². The highest BCUT2D eigenvalue weighted by molar-refractivity contribution is 5.85. The fourth-order valence-electron chi connectivity index (χ4n) is 7.26. The average molecular weight is 839 g/mol. The Balaban J connectivity index is 0.000000207. The van der Waals surface area contributed by atoms with E-state index in [-0.39, 0.29) is 0 Å². The first-order valence-corrected chi connectivity index (χ1v) is 23.0. The topological polar surface area (TPSA) is 0 Å². The van der Waals surface area contributed by atoms with Crippen LogP contribution in [-0.2, 0) is 0 Å². The van der Waals surface area contributed by atoms with Crippen molar-refractivity contribution in [3.63, 3.8) is 0 Å². The Bertz CT molecular complexity index is 2570. The van der Waals surface area contributed by atoms with Crippen molar-refractivity contribution < 1.29 is 0 Å². The van der Waals surface area contributed by atoms with Gasteiger partial charge < -0.3 is 0 Å². The maximum atomic E-state index is 5.89. The van der Waals surface area contributed by atoms with Crippen molar-refractivity contribution in [2.24, 2.45) is 0 Å². The number of aryl methyl sites for hydroxylation is 3. The Labute approximate surface area is 388 Å².